The van der Waals surface area contributed by atoms with Crippen LogP contribution in [0.3, 0.4) is 0 Å². The molecule has 0 saturated heterocycles. The fraction of sp³-hybridized carbons (Fsp3) is 0.476. The molecule has 0 unspecified atom stereocenters. The lowest BCUT2D eigenvalue weighted by molar-refractivity contribution is -0.173. The SMILES string of the molecule is O=C(O)C12C[C@@H]3C[C@@H](C1)CC(n1ncc(Nc4cccc(F)c4)c(Cl)c1=O)(C3)C2. The van der Waals surface area contributed by atoms with Gasteiger partial charge in [0.2, 0.25) is 0 Å². The minimum Gasteiger partial charge on any atom is -0.481 e. The number of aromatic nitrogens is 2. The average molecular weight is 418 g/mol. The molecular formula is C21H21ClFN3O3. The summed E-state index contributed by atoms with van der Waals surface area (Å²) in [4.78, 5) is 25.2. The van der Waals surface area contributed by atoms with Crippen molar-refractivity contribution in [2.75, 3.05) is 5.32 Å². The van der Waals surface area contributed by atoms with Crippen LogP contribution in [0.5, 0.6) is 0 Å². The van der Waals surface area contributed by atoms with Gasteiger partial charge in [0.25, 0.3) is 5.56 Å². The Hall–Kier alpha value is -2.41. The number of carboxylic acids is 1. The zero-order valence-corrected chi connectivity index (χ0v) is 16.5. The van der Waals surface area contributed by atoms with Gasteiger partial charge in [0, 0.05) is 5.69 Å². The zero-order valence-electron chi connectivity index (χ0n) is 15.7. The van der Waals surface area contributed by atoms with E-state index in [1.165, 1.54) is 23.0 Å². The molecular weight excluding hydrogens is 397 g/mol. The van der Waals surface area contributed by atoms with Gasteiger partial charge in [0.1, 0.15) is 10.8 Å². The monoisotopic (exact) mass is 417 g/mol. The number of nitrogens with one attached hydrogen (secondary N) is 1. The normalized spacial score (nSPS) is 32.3. The van der Waals surface area contributed by atoms with E-state index in [1.807, 2.05) is 0 Å². The number of halogens is 2. The molecule has 4 saturated carbocycles. The summed E-state index contributed by atoms with van der Waals surface area (Å²) in [6, 6.07) is 5.85. The maximum Gasteiger partial charge on any atom is 0.309 e. The molecule has 2 atom stereocenters. The Morgan fingerprint density at radius 1 is 1.28 bits per heavy atom. The summed E-state index contributed by atoms with van der Waals surface area (Å²) in [6.45, 7) is 0. The van der Waals surface area contributed by atoms with Gasteiger partial charge in [0.05, 0.1) is 22.8 Å². The summed E-state index contributed by atoms with van der Waals surface area (Å²) in [5, 5.41) is 17.2. The Morgan fingerprint density at radius 2 is 2.00 bits per heavy atom. The van der Waals surface area contributed by atoms with Crippen LogP contribution in [-0.4, -0.2) is 20.9 Å². The third-order valence-electron chi connectivity index (χ3n) is 6.96. The molecule has 4 aliphatic rings. The maximum absolute atomic E-state index is 13.4. The zero-order chi connectivity index (χ0) is 20.4. The van der Waals surface area contributed by atoms with Crippen molar-refractivity contribution in [3.05, 3.63) is 51.7 Å². The van der Waals surface area contributed by atoms with E-state index in [0.717, 1.165) is 19.3 Å². The van der Waals surface area contributed by atoms with E-state index in [4.69, 9.17) is 11.6 Å². The van der Waals surface area contributed by atoms with Gasteiger partial charge in [-0.05, 0) is 68.6 Å². The Balaban J connectivity index is 1.53. The number of hydrogen-bond donors (Lipinski definition) is 2. The predicted molar refractivity (Wildman–Crippen MR) is 106 cm³/mol. The van der Waals surface area contributed by atoms with Crippen molar-refractivity contribution in [3.8, 4) is 0 Å². The molecule has 0 aliphatic heterocycles. The van der Waals surface area contributed by atoms with Gasteiger partial charge in [-0.25, -0.2) is 9.07 Å². The van der Waals surface area contributed by atoms with Crippen LogP contribution in [0.15, 0.2) is 35.3 Å². The molecule has 0 amide bonds. The minimum absolute atomic E-state index is 0.0237. The van der Waals surface area contributed by atoms with Crippen LogP contribution in [0.4, 0.5) is 15.8 Å². The van der Waals surface area contributed by atoms with Crippen LogP contribution in [0.2, 0.25) is 5.02 Å². The van der Waals surface area contributed by atoms with E-state index in [1.54, 1.807) is 12.1 Å². The van der Waals surface area contributed by atoms with Gasteiger partial charge in [-0.3, -0.25) is 9.59 Å². The number of benzene rings is 1. The van der Waals surface area contributed by atoms with Gasteiger partial charge < -0.3 is 10.4 Å². The number of anilines is 2. The van der Waals surface area contributed by atoms with Crippen LogP contribution in [0.1, 0.15) is 38.5 Å². The van der Waals surface area contributed by atoms with Crippen molar-refractivity contribution < 1.29 is 14.3 Å². The first kappa shape index (κ1) is 18.6. The van der Waals surface area contributed by atoms with Crippen molar-refractivity contribution in [3.63, 3.8) is 0 Å². The fourth-order valence-corrected chi connectivity index (χ4v) is 6.47. The molecule has 4 aliphatic carbocycles. The Bertz CT molecular complexity index is 1060. The summed E-state index contributed by atoms with van der Waals surface area (Å²) >= 11 is 6.38. The highest BCUT2D eigenvalue weighted by Crippen LogP contribution is 2.63. The highest BCUT2D eigenvalue weighted by atomic mass is 35.5. The Labute approximate surface area is 171 Å². The smallest absolute Gasteiger partial charge is 0.309 e. The summed E-state index contributed by atoms with van der Waals surface area (Å²) in [7, 11) is 0. The first-order chi connectivity index (χ1) is 13.8. The van der Waals surface area contributed by atoms with E-state index < -0.39 is 28.3 Å². The number of rotatable bonds is 4. The third-order valence-corrected chi connectivity index (χ3v) is 7.32. The molecule has 6 nitrogen and oxygen atoms in total. The summed E-state index contributed by atoms with van der Waals surface area (Å²) in [5.41, 5.74) is -1.03. The molecule has 1 heterocycles. The first-order valence-corrected chi connectivity index (χ1v) is 10.2. The molecule has 0 radical (unpaired) electrons. The van der Waals surface area contributed by atoms with Crippen LogP contribution < -0.4 is 10.9 Å². The van der Waals surface area contributed by atoms with Crippen molar-refractivity contribution in [1.82, 2.24) is 9.78 Å². The number of nitrogens with zero attached hydrogens (tertiary/aromatic N) is 2. The second-order valence-corrected chi connectivity index (χ2v) is 9.37. The van der Waals surface area contributed by atoms with Crippen LogP contribution in [0.25, 0.3) is 0 Å². The van der Waals surface area contributed by atoms with E-state index >= 15 is 0 Å². The standard InChI is InChI=1S/C21H21ClFN3O3/c22-17-16(25-15-3-1-2-14(23)5-15)10-24-26(18(17)27)21-8-12-4-13(9-21)7-20(6-12,11-21)19(28)29/h1-3,5,10,12-13,25H,4,6-9,11H2,(H,28,29)/t12-,13-,20?,21?/m0/s1. The van der Waals surface area contributed by atoms with Gasteiger partial charge in [-0.15, -0.1) is 0 Å². The van der Waals surface area contributed by atoms with Crippen molar-refractivity contribution in [2.45, 2.75) is 44.1 Å². The first-order valence-electron chi connectivity index (χ1n) is 9.85. The fourth-order valence-electron chi connectivity index (χ4n) is 6.29. The largest absolute Gasteiger partial charge is 0.481 e. The van der Waals surface area contributed by atoms with E-state index in [-0.39, 0.29) is 5.02 Å². The molecule has 152 valence electrons. The highest BCUT2D eigenvalue weighted by Gasteiger charge is 2.62. The molecule has 4 fully saturated rings. The molecule has 2 N–H and O–H groups in total. The topological polar surface area (TPSA) is 84.2 Å². The second kappa shape index (κ2) is 6.29. The van der Waals surface area contributed by atoms with Gasteiger partial charge in [0.15, 0.2) is 0 Å². The Kier molecular flexibility index (Phi) is 4.04. The number of hydrogen-bond acceptors (Lipinski definition) is 4. The summed E-state index contributed by atoms with van der Waals surface area (Å²) in [5.74, 6) is -0.575. The lowest BCUT2D eigenvalue weighted by Crippen LogP contribution is -2.61. The molecule has 0 spiro atoms. The molecule has 2 aromatic rings. The molecule has 4 bridgehead atoms. The van der Waals surface area contributed by atoms with Crippen molar-refractivity contribution >= 4 is 28.9 Å². The van der Waals surface area contributed by atoms with Gasteiger partial charge in [-0.2, -0.15) is 5.10 Å². The van der Waals surface area contributed by atoms with Gasteiger partial charge in [-0.1, -0.05) is 17.7 Å². The molecule has 6 rings (SSSR count). The summed E-state index contributed by atoms with van der Waals surface area (Å²) < 4.78 is 14.9. The van der Waals surface area contributed by atoms with Crippen LogP contribution >= 0.6 is 11.6 Å². The van der Waals surface area contributed by atoms with E-state index in [0.29, 0.717) is 42.5 Å². The van der Waals surface area contributed by atoms with Crippen LogP contribution in [-0.2, 0) is 10.3 Å². The minimum atomic E-state index is -0.768. The lowest BCUT2D eigenvalue weighted by Gasteiger charge is -2.60. The molecule has 1 aromatic heterocycles. The van der Waals surface area contributed by atoms with Crippen molar-refractivity contribution in [1.29, 1.82) is 0 Å². The van der Waals surface area contributed by atoms with Crippen LogP contribution in [0, 0.1) is 23.1 Å². The maximum atomic E-state index is 13.4. The summed E-state index contributed by atoms with van der Waals surface area (Å²) in [6.07, 6.45) is 5.81. The lowest BCUT2D eigenvalue weighted by atomic mass is 9.47. The van der Waals surface area contributed by atoms with Gasteiger partial charge >= 0.3 is 5.97 Å². The number of aliphatic carboxylic acids is 1. The average Bonchev–Trinajstić information content (AvgIpc) is 2.64. The predicted octanol–water partition coefficient (Wildman–Crippen LogP) is 4.16. The number of carbonyl (C=O) groups is 1. The quantitative estimate of drug-likeness (QED) is 0.780. The molecule has 8 heteroatoms. The van der Waals surface area contributed by atoms with E-state index in [2.05, 4.69) is 10.4 Å². The van der Waals surface area contributed by atoms with E-state index in [9.17, 15) is 19.1 Å². The number of carboxylic acid groups (broad SMARTS) is 1. The second-order valence-electron chi connectivity index (χ2n) is 9.00. The Morgan fingerprint density at radius 3 is 2.66 bits per heavy atom. The third kappa shape index (κ3) is 2.86. The highest BCUT2D eigenvalue weighted by molar-refractivity contribution is 6.33. The molecule has 29 heavy (non-hydrogen) atoms. The molecule has 1 aromatic carbocycles. The van der Waals surface area contributed by atoms with Crippen molar-refractivity contribution in [2.24, 2.45) is 17.3 Å².